The van der Waals surface area contributed by atoms with Crippen molar-refractivity contribution in [3.05, 3.63) is 93.9 Å². The van der Waals surface area contributed by atoms with E-state index in [1.54, 1.807) is 37.4 Å². The van der Waals surface area contributed by atoms with Gasteiger partial charge in [0.05, 0.1) is 21.0 Å². The summed E-state index contributed by atoms with van der Waals surface area (Å²) < 4.78 is 21.1. The maximum absolute atomic E-state index is 14.9. The van der Waals surface area contributed by atoms with E-state index in [1.165, 1.54) is 24.7 Å². The minimum atomic E-state index is -1.70. The lowest BCUT2D eigenvalue weighted by atomic mass is 9.96. The lowest BCUT2D eigenvalue weighted by molar-refractivity contribution is -0.128. The molecule has 35 heavy (non-hydrogen) atoms. The van der Waals surface area contributed by atoms with Crippen LogP contribution in [0.3, 0.4) is 0 Å². The number of amides is 1. The Hall–Kier alpha value is -3.43. The van der Waals surface area contributed by atoms with Gasteiger partial charge in [-0.1, -0.05) is 61.2 Å². The average Bonchev–Trinajstić information content (AvgIpc) is 2.80. The van der Waals surface area contributed by atoms with Crippen LogP contribution < -0.4 is 16.1 Å². The summed E-state index contributed by atoms with van der Waals surface area (Å²) in [4.78, 5) is 41.9. The zero-order valence-corrected chi connectivity index (χ0v) is 21.4. The van der Waals surface area contributed by atoms with Crippen molar-refractivity contribution < 1.29 is 18.7 Å². The summed E-state index contributed by atoms with van der Waals surface area (Å²) >= 11 is 0. The molecule has 1 aromatic heterocycles. The number of hydrogen-bond donors (Lipinski definition) is 1. The molecule has 1 N–H and O–H groups in total. The molecule has 1 unspecified atom stereocenters. The molecule has 1 amide bonds. The Bertz CT molecular complexity index is 1250. The van der Waals surface area contributed by atoms with Crippen LogP contribution in [0.5, 0.6) is 0 Å². The van der Waals surface area contributed by atoms with Crippen molar-refractivity contribution in [1.29, 1.82) is 0 Å². The van der Waals surface area contributed by atoms with Crippen LogP contribution in [-0.2, 0) is 33.9 Å². The zero-order valence-electron chi connectivity index (χ0n) is 20.4. The molecule has 0 radical (unpaired) electrons. The van der Waals surface area contributed by atoms with Crippen LogP contribution in [0.4, 0.5) is 4.39 Å². The number of aromatic nitrogens is 2. The van der Waals surface area contributed by atoms with Crippen LogP contribution in [0.2, 0.25) is 19.6 Å². The molecule has 0 saturated carbocycles. The third-order valence-corrected chi connectivity index (χ3v) is 7.68. The van der Waals surface area contributed by atoms with Gasteiger partial charge in [-0.15, -0.1) is 0 Å². The first-order valence-corrected chi connectivity index (χ1v) is 14.8. The molecule has 0 aliphatic carbocycles. The van der Waals surface area contributed by atoms with E-state index in [9.17, 15) is 18.8 Å². The van der Waals surface area contributed by atoms with Crippen molar-refractivity contribution >= 4 is 25.0 Å². The number of ether oxygens (including phenoxy) is 1. The number of methoxy groups -OCH3 is 1. The first-order chi connectivity index (χ1) is 16.6. The van der Waals surface area contributed by atoms with Crippen molar-refractivity contribution in [3.8, 4) is 0 Å². The number of benzene rings is 2. The first-order valence-electron chi connectivity index (χ1n) is 11.3. The van der Waals surface area contributed by atoms with E-state index in [0.29, 0.717) is 12.2 Å². The summed E-state index contributed by atoms with van der Waals surface area (Å²) in [7, 11) is -0.117. The van der Waals surface area contributed by atoms with Crippen LogP contribution >= 0.6 is 0 Å². The Labute approximate surface area is 205 Å². The number of halogens is 1. The second-order valence-electron chi connectivity index (χ2n) is 9.42. The van der Waals surface area contributed by atoms with Crippen molar-refractivity contribution in [3.63, 3.8) is 0 Å². The number of ketones is 1. The number of carbonyl (C=O) groups is 2. The molecule has 0 spiro atoms. The third-order valence-electron chi connectivity index (χ3n) is 5.64. The number of carbonyl (C=O) groups excluding carboxylic acids is 2. The second kappa shape index (κ2) is 11.3. The lowest BCUT2D eigenvalue weighted by Crippen LogP contribution is -2.39. The molecule has 184 valence electrons. The highest BCUT2D eigenvalue weighted by Gasteiger charge is 2.25. The van der Waals surface area contributed by atoms with Crippen LogP contribution in [0.1, 0.15) is 22.7 Å². The van der Waals surface area contributed by atoms with E-state index in [2.05, 4.69) is 29.9 Å². The van der Waals surface area contributed by atoms with Crippen molar-refractivity contribution in [1.82, 2.24) is 14.9 Å². The Morgan fingerprint density at radius 2 is 1.83 bits per heavy atom. The lowest BCUT2D eigenvalue weighted by Gasteiger charge is -2.20. The largest absolute Gasteiger partial charge is 0.380 e. The Morgan fingerprint density at radius 1 is 1.11 bits per heavy atom. The van der Waals surface area contributed by atoms with Gasteiger partial charge in [-0.2, -0.15) is 0 Å². The van der Waals surface area contributed by atoms with E-state index in [1.807, 2.05) is 6.07 Å². The van der Waals surface area contributed by atoms with Crippen LogP contribution in [0.25, 0.3) is 0 Å². The van der Waals surface area contributed by atoms with Gasteiger partial charge in [-0.05, 0) is 22.8 Å². The smallest absolute Gasteiger partial charge is 0.253 e. The fourth-order valence-electron chi connectivity index (χ4n) is 3.63. The summed E-state index contributed by atoms with van der Waals surface area (Å²) in [5.41, 5.74) is 1.35. The van der Waals surface area contributed by atoms with Gasteiger partial charge in [-0.3, -0.25) is 19.0 Å². The summed E-state index contributed by atoms with van der Waals surface area (Å²) in [6.07, 6.45) is 2.41. The standard InChI is InChI=1S/C26H30FN3O4Si/c1-34-16-18-5-7-19(8-6-18)26(29-24(32)15-30-17-28-12-11-25(30)33)23(31)13-20-9-10-21(14-22(20)27)35(2,3)4/h5-12,14,17,26H,13,15-16H2,1-4H3,(H,29,32). The van der Waals surface area contributed by atoms with Gasteiger partial charge in [0, 0.05) is 25.8 Å². The van der Waals surface area contributed by atoms with Gasteiger partial charge < -0.3 is 10.1 Å². The quantitative estimate of drug-likeness (QED) is 0.437. The van der Waals surface area contributed by atoms with E-state index < -0.39 is 25.8 Å². The predicted octanol–water partition coefficient (Wildman–Crippen LogP) is 2.74. The summed E-state index contributed by atoms with van der Waals surface area (Å²) in [5, 5.41) is 3.68. The third kappa shape index (κ3) is 7.03. The number of nitrogens with one attached hydrogen (secondary N) is 1. The molecular weight excluding hydrogens is 465 g/mol. The average molecular weight is 496 g/mol. The number of hydrogen-bond acceptors (Lipinski definition) is 5. The van der Waals surface area contributed by atoms with Gasteiger partial charge in [-0.25, -0.2) is 9.37 Å². The minimum Gasteiger partial charge on any atom is -0.380 e. The van der Waals surface area contributed by atoms with Crippen molar-refractivity contribution in [2.24, 2.45) is 0 Å². The van der Waals surface area contributed by atoms with E-state index in [0.717, 1.165) is 15.3 Å². The predicted molar refractivity (Wildman–Crippen MR) is 135 cm³/mol. The second-order valence-corrected chi connectivity index (χ2v) is 14.5. The molecule has 0 fully saturated rings. The Kier molecular flexibility index (Phi) is 8.47. The molecular formula is C26H30FN3O4Si. The SMILES string of the molecule is COCc1ccc(C(NC(=O)Cn2cnccc2=O)C(=O)Cc2ccc([Si](C)(C)C)cc2F)cc1. The fraction of sp³-hybridized carbons (Fsp3) is 0.308. The van der Waals surface area contributed by atoms with Gasteiger partial charge in [0.2, 0.25) is 5.91 Å². The fourth-order valence-corrected chi connectivity index (χ4v) is 4.77. The number of rotatable bonds is 10. The molecule has 9 heteroatoms. The Balaban J connectivity index is 1.85. The number of Topliss-reactive ketones (excluding diaryl/α,β-unsaturated/α-hetero) is 1. The molecule has 3 aromatic rings. The van der Waals surface area contributed by atoms with E-state index >= 15 is 0 Å². The van der Waals surface area contributed by atoms with Gasteiger partial charge in [0.25, 0.3) is 5.56 Å². The summed E-state index contributed by atoms with van der Waals surface area (Å²) in [6.45, 7) is 6.48. The molecule has 3 rings (SSSR count). The molecule has 1 atom stereocenters. The Morgan fingerprint density at radius 3 is 2.43 bits per heavy atom. The summed E-state index contributed by atoms with van der Waals surface area (Å²) in [5.74, 6) is -1.33. The minimum absolute atomic E-state index is 0.185. The first kappa shape index (κ1) is 26.2. The van der Waals surface area contributed by atoms with Crippen LogP contribution in [0, 0.1) is 5.82 Å². The number of nitrogens with zero attached hydrogens (tertiary/aromatic N) is 2. The topological polar surface area (TPSA) is 90.3 Å². The monoisotopic (exact) mass is 495 g/mol. The van der Waals surface area contributed by atoms with Gasteiger partial charge in [0.15, 0.2) is 5.78 Å². The molecule has 0 saturated heterocycles. The normalized spacial score (nSPS) is 12.3. The molecule has 0 bridgehead atoms. The van der Waals surface area contributed by atoms with E-state index in [4.69, 9.17) is 4.74 Å². The maximum Gasteiger partial charge on any atom is 0.253 e. The van der Waals surface area contributed by atoms with E-state index in [-0.39, 0.29) is 29.9 Å². The maximum atomic E-state index is 14.9. The van der Waals surface area contributed by atoms with Crippen LogP contribution in [-0.4, -0.2) is 36.4 Å². The molecule has 1 heterocycles. The highest BCUT2D eigenvalue weighted by molar-refractivity contribution is 6.88. The molecule has 0 aliphatic heterocycles. The highest BCUT2D eigenvalue weighted by atomic mass is 28.3. The highest BCUT2D eigenvalue weighted by Crippen LogP contribution is 2.20. The van der Waals surface area contributed by atoms with Crippen molar-refractivity contribution in [2.75, 3.05) is 7.11 Å². The molecule has 7 nitrogen and oxygen atoms in total. The zero-order chi connectivity index (χ0) is 25.6. The van der Waals surface area contributed by atoms with Crippen LogP contribution in [0.15, 0.2) is 65.8 Å². The van der Waals surface area contributed by atoms with Crippen molar-refractivity contribution in [2.45, 2.75) is 45.3 Å². The molecule has 0 aliphatic rings. The van der Waals surface area contributed by atoms with Gasteiger partial charge >= 0.3 is 0 Å². The molecule has 2 aromatic carbocycles. The summed E-state index contributed by atoms with van der Waals surface area (Å²) in [6, 6.07) is 12.4. The van der Waals surface area contributed by atoms with Gasteiger partial charge in [0.1, 0.15) is 18.4 Å².